The fourth-order valence-electron chi connectivity index (χ4n) is 3.44. The highest BCUT2D eigenvalue weighted by atomic mass is 19.4. The van der Waals surface area contributed by atoms with Gasteiger partial charge in [0.15, 0.2) is 11.5 Å². The molecule has 2 amide bonds. The molecule has 0 fully saturated rings. The van der Waals surface area contributed by atoms with Gasteiger partial charge in [0.25, 0.3) is 11.8 Å². The molecule has 15 heteroatoms. The largest absolute Gasteiger partial charge is 0.573 e. The number of benzene rings is 1. The zero-order valence-corrected chi connectivity index (χ0v) is 21.2. The molecule has 4 aromatic rings. The van der Waals surface area contributed by atoms with Crippen molar-refractivity contribution in [1.29, 1.82) is 0 Å². The predicted octanol–water partition coefficient (Wildman–Crippen LogP) is 3.48. The number of aliphatic hydroxyl groups is 1. The van der Waals surface area contributed by atoms with Crippen LogP contribution in [0.25, 0.3) is 16.9 Å². The van der Waals surface area contributed by atoms with Crippen molar-refractivity contribution >= 4 is 23.3 Å². The van der Waals surface area contributed by atoms with Gasteiger partial charge in [-0.2, -0.15) is 5.10 Å². The van der Waals surface area contributed by atoms with E-state index in [2.05, 4.69) is 30.4 Å². The molecule has 0 aliphatic heterocycles. The van der Waals surface area contributed by atoms with Crippen molar-refractivity contribution in [2.24, 2.45) is 0 Å². The van der Waals surface area contributed by atoms with Crippen LogP contribution in [0.2, 0.25) is 0 Å². The zero-order chi connectivity index (χ0) is 29.2. The number of pyridine rings is 1. The smallest absolute Gasteiger partial charge is 0.480 e. The van der Waals surface area contributed by atoms with Crippen LogP contribution < -0.4 is 20.1 Å². The van der Waals surface area contributed by atoms with Crippen LogP contribution in [0, 0.1) is 5.82 Å². The Bertz CT molecular complexity index is 1580. The third kappa shape index (κ3) is 6.61. The van der Waals surface area contributed by atoms with Crippen LogP contribution in [-0.4, -0.2) is 55.6 Å². The standard InChI is InChI=1S/C25H22F4N6O5/c1-24(2,38)23(37)33-19-12-35-20(32-19)7-6-18(34-35)14-9-16(22(39-3)31-11-14)21(36)30-10-13-8-15(4-5-17(13)26)40-25(27,28)29/h4-9,11-12,38H,10H2,1-3H3,(H,30,36)(H,33,37). The number of hydrogen-bond acceptors (Lipinski definition) is 8. The van der Waals surface area contributed by atoms with Crippen molar-refractivity contribution in [3.63, 3.8) is 0 Å². The van der Waals surface area contributed by atoms with Gasteiger partial charge in [-0.05, 0) is 50.2 Å². The number of rotatable bonds is 8. The Morgan fingerprint density at radius 1 is 1.12 bits per heavy atom. The number of anilines is 1. The number of carbonyl (C=O) groups is 2. The Kier molecular flexibility index (Phi) is 7.59. The second-order valence-electron chi connectivity index (χ2n) is 8.93. The van der Waals surface area contributed by atoms with Crippen LogP contribution in [0.4, 0.5) is 23.4 Å². The molecule has 210 valence electrons. The van der Waals surface area contributed by atoms with Gasteiger partial charge >= 0.3 is 6.36 Å². The monoisotopic (exact) mass is 562 g/mol. The number of carbonyl (C=O) groups excluding carboxylic acids is 2. The Morgan fingerprint density at radius 3 is 2.55 bits per heavy atom. The first-order valence-electron chi connectivity index (χ1n) is 11.5. The van der Waals surface area contributed by atoms with E-state index in [9.17, 15) is 32.3 Å². The van der Waals surface area contributed by atoms with Crippen molar-refractivity contribution in [1.82, 2.24) is 24.9 Å². The maximum Gasteiger partial charge on any atom is 0.573 e. The highest BCUT2D eigenvalue weighted by molar-refractivity contribution is 5.97. The number of ether oxygens (including phenoxy) is 2. The number of alkyl halides is 3. The van der Waals surface area contributed by atoms with Gasteiger partial charge in [-0.3, -0.25) is 9.59 Å². The van der Waals surface area contributed by atoms with Gasteiger partial charge in [0.05, 0.1) is 19.0 Å². The van der Waals surface area contributed by atoms with E-state index in [0.29, 0.717) is 16.9 Å². The lowest BCUT2D eigenvalue weighted by Crippen LogP contribution is -2.36. The third-order valence-electron chi connectivity index (χ3n) is 5.39. The molecular weight excluding hydrogens is 540 g/mol. The van der Waals surface area contributed by atoms with E-state index >= 15 is 0 Å². The van der Waals surface area contributed by atoms with Crippen molar-refractivity contribution in [2.75, 3.05) is 12.4 Å². The Balaban J connectivity index is 1.56. The lowest BCUT2D eigenvalue weighted by atomic mass is 10.1. The van der Waals surface area contributed by atoms with Gasteiger partial charge in [-0.1, -0.05) is 0 Å². The number of amides is 2. The number of aromatic nitrogens is 4. The van der Waals surface area contributed by atoms with Gasteiger partial charge in [-0.15, -0.1) is 13.2 Å². The van der Waals surface area contributed by atoms with Crippen molar-refractivity contribution in [2.45, 2.75) is 32.4 Å². The second-order valence-corrected chi connectivity index (χ2v) is 8.93. The summed E-state index contributed by atoms with van der Waals surface area (Å²) in [6.45, 7) is 2.20. The molecule has 0 unspecified atom stereocenters. The van der Waals surface area contributed by atoms with Crippen molar-refractivity contribution in [3.05, 3.63) is 65.7 Å². The maximum absolute atomic E-state index is 14.2. The fourth-order valence-corrected chi connectivity index (χ4v) is 3.44. The minimum atomic E-state index is -4.96. The SMILES string of the molecule is COc1ncc(-c2ccc3nc(NC(=O)C(C)(C)O)cn3n2)cc1C(=O)NCc1cc(OC(F)(F)F)ccc1F. The molecule has 0 saturated heterocycles. The molecule has 3 N–H and O–H groups in total. The Morgan fingerprint density at radius 2 is 1.88 bits per heavy atom. The number of methoxy groups -OCH3 is 1. The van der Waals surface area contributed by atoms with Gasteiger partial charge < -0.3 is 25.2 Å². The summed E-state index contributed by atoms with van der Waals surface area (Å²) >= 11 is 0. The van der Waals surface area contributed by atoms with E-state index in [4.69, 9.17) is 4.74 Å². The summed E-state index contributed by atoms with van der Waals surface area (Å²) in [6.07, 6.45) is -2.13. The molecule has 3 heterocycles. The molecule has 3 aromatic heterocycles. The lowest BCUT2D eigenvalue weighted by molar-refractivity contribution is -0.274. The molecule has 4 rings (SSSR count). The van der Waals surface area contributed by atoms with E-state index in [0.717, 1.165) is 18.2 Å². The summed E-state index contributed by atoms with van der Waals surface area (Å²) in [5.41, 5.74) is -0.779. The average molecular weight is 562 g/mol. The first kappa shape index (κ1) is 28.2. The topological polar surface area (TPSA) is 140 Å². The maximum atomic E-state index is 14.2. The molecule has 1 aromatic carbocycles. The minimum Gasteiger partial charge on any atom is -0.480 e. The molecule has 40 heavy (non-hydrogen) atoms. The zero-order valence-electron chi connectivity index (χ0n) is 21.2. The first-order valence-corrected chi connectivity index (χ1v) is 11.5. The van der Waals surface area contributed by atoms with Crippen LogP contribution in [0.3, 0.4) is 0 Å². The number of fused-ring (bicyclic) bond motifs is 1. The summed E-state index contributed by atoms with van der Waals surface area (Å²) < 4.78 is 62.0. The molecule has 11 nitrogen and oxygen atoms in total. The van der Waals surface area contributed by atoms with Crippen LogP contribution in [0.1, 0.15) is 29.8 Å². The van der Waals surface area contributed by atoms with Gasteiger partial charge in [-0.25, -0.2) is 18.9 Å². The fraction of sp³-hybridized carbons (Fsp3) is 0.240. The van der Waals surface area contributed by atoms with E-state index in [1.165, 1.54) is 43.9 Å². The average Bonchev–Trinajstić information content (AvgIpc) is 3.28. The van der Waals surface area contributed by atoms with Crippen molar-refractivity contribution < 1.29 is 41.7 Å². The summed E-state index contributed by atoms with van der Waals surface area (Å²) in [7, 11) is 1.29. The van der Waals surface area contributed by atoms with Gasteiger partial charge in [0, 0.05) is 23.9 Å². The quantitative estimate of drug-likeness (QED) is 0.278. The van der Waals surface area contributed by atoms with E-state index in [-0.39, 0.29) is 22.8 Å². The molecule has 0 atom stereocenters. The normalized spacial score (nSPS) is 11.8. The molecule has 0 bridgehead atoms. The molecule has 0 spiro atoms. The second kappa shape index (κ2) is 10.8. The lowest BCUT2D eigenvalue weighted by Gasteiger charge is -2.14. The first-order chi connectivity index (χ1) is 18.7. The number of nitrogens with one attached hydrogen (secondary N) is 2. The molecule has 0 aliphatic carbocycles. The highest BCUT2D eigenvalue weighted by Gasteiger charge is 2.31. The highest BCUT2D eigenvalue weighted by Crippen LogP contribution is 2.26. The predicted molar refractivity (Wildman–Crippen MR) is 132 cm³/mol. The van der Waals surface area contributed by atoms with Gasteiger partial charge in [0.1, 0.15) is 22.7 Å². The van der Waals surface area contributed by atoms with E-state index in [1.54, 1.807) is 12.1 Å². The number of halogens is 4. The van der Waals surface area contributed by atoms with Crippen LogP contribution in [-0.2, 0) is 11.3 Å². The number of nitrogens with zero attached hydrogens (tertiary/aromatic N) is 4. The molecule has 0 radical (unpaired) electrons. The van der Waals surface area contributed by atoms with Gasteiger partial charge in [0.2, 0.25) is 5.88 Å². The number of hydrogen-bond donors (Lipinski definition) is 3. The Labute approximate surface area is 223 Å². The Hall–Kier alpha value is -4.79. The number of imidazole rings is 1. The van der Waals surface area contributed by atoms with Crippen LogP contribution in [0.15, 0.2) is 48.8 Å². The molecular formula is C25H22F4N6O5. The minimum absolute atomic E-state index is 0.0474. The third-order valence-corrected chi connectivity index (χ3v) is 5.39. The summed E-state index contributed by atoms with van der Waals surface area (Å²) in [5, 5.41) is 19.1. The van der Waals surface area contributed by atoms with E-state index < -0.39 is 41.9 Å². The van der Waals surface area contributed by atoms with Crippen molar-refractivity contribution in [3.8, 4) is 22.9 Å². The molecule has 0 aliphatic rings. The van der Waals surface area contributed by atoms with E-state index in [1.807, 2.05) is 0 Å². The van der Waals surface area contributed by atoms with Crippen LogP contribution in [0.5, 0.6) is 11.6 Å². The summed E-state index contributed by atoms with van der Waals surface area (Å²) in [6, 6.07) is 7.06. The summed E-state index contributed by atoms with van der Waals surface area (Å²) in [5.74, 6) is -2.79. The summed E-state index contributed by atoms with van der Waals surface area (Å²) in [4.78, 5) is 33.3. The van der Waals surface area contributed by atoms with Crippen LogP contribution >= 0.6 is 0 Å². The molecule has 0 saturated carbocycles.